The average Bonchev–Trinajstić information content (AvgIpc) is 2.82. The Labute approximate surface area is 128 Å². The number of hydrogen-bond acceptors (Lipinski definition) is 3. The number of nitrogens with two attached hydrogens (primary N) is 1. The molecule has 0 bridgehead atoms. The topological polar surface area (TPSA) is 52.0 Å². The molecule has 0 radical (unpaired) electrons. The summed E-state index contributed by atoms with van der Waals surface area (Å²) in [5.41, 5.74) is 7.46. The number of anilines is 1. The van der Waals surface area contributed by atoms with Crippen LogP contribution in [0.3, 0.4) is 0 Å². The highest BCUT2D eigenvalue weighted by Crippen LogP contribution is 2.44. The second-order valence-electron chi connectivity index (χ2n) is 5.86. The molecule has 3 rings (SSSR count). The lowest BCUT2D eigenvalue weighted by atomic mass is 9.80. The molecular weight excluding hydrogens is 291 g/mol. The van der Waals surface area contributed by atoms with Crippen LogP contribution in [0.2, 0.25) is 5.02 Å². The molecule has 1 heterocycles. The predicted octanol–water partition coefficient (Wildman–Crippen LogP) is 5.01. The summed E-state index contributed by atoms with van der Waals surface area (Å²) in [7, 11) is 0. The Hall–Kier alpha value is -1.55. The van der Waals surface area contributed by atoms with Gasteiger partial charge in [0.25, 0.3) is 0 Å². The molecule has 1 aromatic heterocycles. The van der Waals surface area contributed by atoms with Gasteiger partial charge < -0.3 is 10.3 Å². The molecular formula is C16H18ClFN2O. The van der Waals surface area contributed by atoms with Crippen molar-refractivity contribution < 1.29 is 8.91 Å². The molecule has 0 aliphatic heterocycles. The Bertz CT molecular complexity index is 627. The summed E-state index contributed by atoms with van der Waals surface area (Å²) < 4.78 is 19.3. The van der Waals surface area contributed by atoms with E-state index in [0.29, 0.717) is 16.1 Å². The van der Waals surface area contributed by atoms with Crippen LogP contribution in [0.5, 0.6) is 0 Å². The first-order valence-corrected chi connectivity index (χ1v) is 7.65. The van der Waals surface area contributed by atoms with E-state index in [9.17, 15) is 4.39 Å². The van der Waals surface area contributed by atoms with Gasteiger partial charge in [-0.3, -0.25) is 0 Å². The monoisotopic (exact) mass is 308 g/mol. The van der Waals surface area contributed by atoms with Gasteiger partial charge in [-0.25, -0.2) is 4.39 Å². The molecule has 2 N–H and O–H groups in total. The van der Waals surface area contributed by atoms with Gasteiger partial charge >= 0.3 is 0 Å². The van der Waals surface area contributed by atoms with Crippen molar-refractivity contribution >= 4 is 17.5 Å². The van der Waals surface area contributed by atoms with E-state index >= 15 is 0 Å². The van der Waals surface area contributed by atoms with Crippen LogP contribution in [0, 0.1) is 11.7 Å². The van der Waals surface area contributed by atoms with Gasteiger partial charge in [0.2, 0.25) is 5.88 Å². The van der Waals surface area contributed by atoms with E-state index in [2.05, 4.69) is 12.1 Å². The molecule has 3 nitrogen and oxygen atoms in total. The lowest BCUT2D eigenvalue weighted by Crippen LogP contribution is -2.12. The molecule has 1 saturated carbocycles. The zero-order valence-electron chi connectivity index (χ0n) is 11.9. The minimum atomic E-state index is -0.400. The molecule has 0 amide bonds. The maximum absolute atomic E-state index is 14.2. The molecule has 112 valence electrons. The fourth-order valence-corrected chi connectivity index (χ4v) is 3.37. The van der Waals surface area contributed by atoms with Gasteiger partial charge in [-0.2, -0.15) is 0 Å². The highest BCUT2D eigenvalue weighted by atomic mass is 35.5. The van der Waals surface area contributed by atoms with Crippen molar-refractivity contribution in [1.29, 1.82) is 0 Å². The van der Waals surface area contributed by atoms with Crippen molar-refractivity contribution in [1.82, 2.24) is 5.16 Å². The lowest BCUT2D eigenvalue weighted by molar-refractivity contribution is 0.331. The first-order valence-electron chi connectivity index (χ1n) is 7.27. The maximum atomic E-state index is 14.2. The van der Waals surface area contributed by atoms with E-state index in [1.807, 2.05) is 0 Å². The molecule has 1 fully saturated rings. The molecule has 1 aliphatic rings. The maximum Gasteiger partial charge on any atom is 0.230 e. The molecule has 2 aromatic rings. The molecule has 21 heavy (non-hydrogen) atoms. The van der Waals surface area contributed by atoms with E-state index in [4.69, 9.17) is 21.9 Å². The smallest absolute Gasteiger partial charge is 0.230 e. The van der Waals surface area contributed by atoms with E-state index < -0.39 is 5.82 Å². The van der Waals surface area contributed by atoms with Gasteiger partial charge in [0.05, 0.1) is 16.3 Å². The largest absolute Gasteiger partial charge is 0.367 e. The van der Waals surface area contributed by atoms with Gasteiger partial charge in [-0.05, 0) is 30.9 Å². The zero-order valence-corrected chi connectivity index (χ0v) is 12.7. The fourth-order valence-electron chi connectivity index (χ4n) is 3.12. The summed E-state index contributed by atoms with van der Waals surface area (Å²) in [6, 6.07) is 4.60. The Morgan fingerprint density at radius 2 is 1.95 bits per heavy atom. The Morgan fingerprint density at radius 1 is 1.24 bits per heavy atom. The molecule has 0 spiro atoms. The first kappa shape index (κ1) is 14.4. The Morgan fingerprint density at radius 3 is 2.62 bits per heavy atom. The number of nitrogen functional groups attached to an aromatic ring is 1. The molecule has 0 saturated heterocycles. The summed E-state index contributed by atoms with van der Waals surface area (Å²) in [4.78, 5) is 0. The van der Waals surface area contributed by atoms with Gasteiger partial charge in [0.1, 0.15) is 5.82 Å². The van der Waals surface area contributed by atoms with E-state index in [1.54, 1.807) is 12.1 Å². The van der Waals surface area contributed by atoms with Crippen LogP contribution in [0.4, 0.5) is 10.3 Å². The van der Waals surface area contributed by atoms with Crippen LogP contribution in [0.1, 0.15) is 44.2 Å². The molecule has 5 heteroatoms. The third-order valence-electron chi connectivity index (χ3n) is 4.36. The number of aromatic nitrogens is 1. The molecule has 1 aliphatic carbocycles. The van der Waals surface area contributed by atoms with Crippen LogP contribution in [-0.2, 0) is 0 Å². The van der Waals surface area contributed by atoms with Crippen molar-refractivity contribution in [2.75, 3.05) is 5.73 Å². The Balaban J connectivity index is 2.05. The van der Waals surface area contributed by atoms with E-state index in [1.165, 1.54) is 6.07 Å². The fraction of sp³-hybridized carbons (Fsp3) is 0.438. The van der Waals surface area contributed by atoms with Crippen molar-refractivity contribution in [2.24, 2.45) is 5.92 Å². The van der Waals surface area contributed by atoms with Crippen molar-refractivity contribution in [3.63, 3.8) is 0 Å². The number of benzene rings is 1. The third-order valence-corrected chi connectivity index (χ3v) is 4.68. The van der Waals surface area contributed by atoms with Crippen LogP contribution in [0.15, 0.2) is 22.7 Å². The van der Waals surface area contributed by atoms with Gasteiger partial charge in [-0.1, -0.05) is 42.6 Å². The standard InChI is InChI=1S/C16H18ClFN2O/c1-9-5-7-10(8-6-9)15-14(16(19)21-20-15)13-11(17)3-2-4-12(13)18/h2-4,9-10H,5-8,19H2,1H3. The van der Waals surface area contributed by atoms with Gasteiger partial charge in [0.15, 0.2) is 0 Å². The quantitative estimate of drug-likeness (QED) is 0.848. The van der Waals surface area contributed by atoms with Crippen molar-refractivity contribution in [2.45, 2.75) is 38.5 Å². The van der Waals surface area contributed by atoms with Gasteiger partial charge in [-0.15, -0.1) is 0 Å². The highest BCUT2D eigenvalue weighted by Gasteiger charge is 2.29. The zero-order chi connectivity index (χ0) is 15.0. The van der Waals surface area contributed by atoms with Crippen molar-refractivity contribution in [3.8, 4) is 11.1 Å². The van der Waals surface area contributed by atoms with E-state index in [-0.39, 0.29) is 11.8 Å². The lowest BCUT2D eigenvalue weighted by Gasteiger charge is -2.25. The van der Waals surface area contributed by atoms with Gasteiger partial charge in [0, 0.05) is 11.5 Å². The minimum Gasteiger partial charge on any atom is -0.367 e. The molecule has 0 unspecified atom stereocenters. The van der Waals surface area contributed by atoms with Crippen LogP contribution >= 0.6 is 11.6 Å². The van der Waals surface area contributed by atoms with Crippen molar-refractivity contribution in [3.05, 3.63) is 34.7 Å². The average molecular weight is 309 g/mol. The SMILES string of the molecule is CC1CCC(c2noc(N)c2-c2c(F)cccc2Cl)CC1. The summed E-state index contributed by atoms with van der Waals surface area (Å²) in [5, 5.41) is 4.43. The number of halogens is 2. The van der Waals surface area contributed by atoms with Crippen LogP contribution < -0.4 is 5.73 Å². The second-order valence-corrected chi connectivity index (χ2v) is 6.27. The minimum absolute atomic E-state index is 0.135. The number of rotatable bonds is 2. The van der Waals surface area contributed by atoms with E-state index in [0.717, 1.165) is 37.3 Å². The number of nitrogens with zero attached hydrogens (tertiary/aromatic N) is 1. The molecule has 0 atom stereocenters. The summed E-state index contributed by atoms with van der Waals surface area (Å²) in [5.74, 6) is 0.720. The summed E-state index contributed by atoms with van der Waals surface area (Å²) in [6.07, 6.45) is 4.32. The highest BCUT2D eigenvalue weighted by molar-refractivity contribution is 6.33. The Kier molecular flexibility index (Phi) is 3.89. The van der Waals surface area contributed by atoms with Crippen LogP contribution in [-0.4, -0.2) is 5.16 Å². The predicted molar refractivity (Wildman–Crippen MR) is 81.7 cm³/mol. The second kappa shape index (κ2) is 5.68. The first-order chi connectivity index (χ1) is 10.1. The normalized spacial score (nSPS) is 22.4. The van der Waals surface area contributed by atoms with Crippen LogP contribution in [0.25, 0.3) is 11.1 Å². The summed E-state index contributed by atoms with van der Waals surface area (Å²) in [6.45, 7) is 2.25. The summed E-state index contributed by atoms with van der Waals surface area (Å²) >= 11 is 6.16. The third kappa shape index (κ3) is 2.64. The molecule has 1 aromatic carbocycles. The number of hydrogen-bond donors (Lipinski definition) is 1.